The van der Waals surface area contributed by atoms with Crippen molar-refractivity contribution in [2.24, 2.45) is 11.8 Å². The van der Waals surface area contributed by atoms with E-state index in [-0.39, 0.29) is 17.7 Å². The lowest BCUT2D eigenvalue weighted by Crippen LogP contribution is -2.50. The zero-order valence-corrected chi connectivity index (χ0v) is 11.7. The van der Waals surface area contributed by atoms with Crippen molar-refractivity contribution in [3.8, 4) is 0 Å². The van der Waals surface area contributed by atoms with E-state index in [1.165, 1.54) is 18.3 Å². The molecule has 1 aromatic heterocycles. The van der Waals surface area contributed by atoms with Crippen LogP contribution in [0.2, 0.25) is 0 Å². The van der Waals surface area contributed by atoms with Crippen LogP contribution in [0.5, 0.6) is 0 Å². The molecule has 1 fully saturated rings. The number of aliphatic carboxylic acids is 1. The SMILES string of the molecule is CC(=O)Nc1nc(CN2CC(C(C)C(=O)O)C2)cs1. The van der Waals surface area contributed by atoms with Crippen LogP contribution in [0, 0.1) is 11.8 Å². The quantitative estimate of drug-likeness (QED) is 0.850. The molecule has 6 nitrogen and oxygen atoms in total. The number of nitrogens with one attached hydrogen (secondary N) is 1. The predicted octanol–water partition coefficient (Wildman–Crippen LogP) is 1.25. The van der Waals surface area contributed by atoms with Crippen LogP contribution in [0.4, 0.5) is 5.13 Å². The molecule has 1 saturated heterocycles. The molecule has 0 radical (unpaired) electrons. The number of carboxylic acid groups (broad SMARTS) is 1. The molecular weight excluding hydrogens is 266 g/mol. The van der Waals surface area contributed by atoms with Crippen LogP contribution in [0.1, 0.15) is 19.5 Å². The standard InChI is InChI=1S/C12H17N3O3S/c1-7(11(17)18)9-3-15(4-9)5-10-6-19-12(14-10)13-8(2)16/h6-7,9H,3-5H2,1-2H3,(H,17,18)(H,13,14,16). The maximum absolute atomic E-state index is 10.9. The van der Waals surface area contributed by atoms with Crippen LogP contribution in [0.3, 0.4) is 0 Å². The Morgan fingerprint density at radius 1 is 1.63 bits per heavy atom. The first-order chi connectivity index (χ1) is 8.95. The Morgan fingerprint density at radius 2 is 2.32 bits per heavy atom. The summed E-state index contributed by atoms with van der Waals surface area (Å²) < 4.78 is 0. The van der Waals surface area contributed by atoms with Gasteiger partial charge in [-0.3, -0.25) is 14.5 Å². The molecule has 2 rings (SSSR count). The second-order valence-corrected chi connectivity index (χ2v) is 5.76. The third kappa shape index (κ3) is 3.51. The number of hydrogen-bond acceptors (Lipinski definition) is 5. The average Bonchev–Trinajstić information content (AvgIpc) is 2.68. The van der Waals surface area contributed by atoms with Crippen LogP contribution in [0.15, 0.2) is 5.38 Å². The number of thiazole rings is 1. The molecule has 0 aliphatic carbocycles. The van der Waals surface area contributed by atoms with Gasteiger partial charge in [0.2, 0.25) is 5.91 Å². The van der Waals surface area contributed by atoms with Crippen molar-refractivity contribution in [2.75, 3.05) is 18.4 Å². The third-order valence-electron chi connectivity index (χ3n) is 3.30. The minimum Gasteiger partial charge on any atom is -0.481 e. The van der Waals surface area contributed by atoms with E-state index in [1.807, 2.05) is 5.38 Å². The topological polar surface area (TPSA) is 82.5 Å². The average molecular weight is 283 g/mol. The molecule has 2 heterocycles. The summed E-state index contributed by atoms with van der Waals surface area (Å²) in [5, 5.41) is 14.1. The highest BCUT2D eigenvalue weighted by Crippen LogP contribution is 2.26. The fourth-order valence-corrected chi connectivity index (χ4v) is 2.82. The Labute approximate surface area is 115 Å². The predicted molar refractivity (Wildman–Crippen MR) is 72.0 cm³/mol. The molecule has 1 aliphatic heterocycles. The zero-order chi connectivity index (χ0) is 14.0. The van der Waals surface area contributed by atoms with Gasteiger partial charge in [-0.1, -0.05) is 6.92 Å². The van der Waals surface area contributed by atoms with Crippen molar-refractivity contribution in [1.82, 2.24) is 9.88 Å². The molecule has 7 heteroatoms. The second kappa shape index (κ2) is 5.66. The fourth-order valence-electron chi connectivity index (χ4n) is 2.07. The number of likely N-dealkylation sites (tertiary alicyclic amines) is 1. The normalized spacial score (nSPS) is 17.8. The first-order valence-corrected chi connectivity index (χ1v) is 7.01. The van der Waals surface area contributed by atoms with Crippen LogP contribution in [-0.2, 0) is 16.1 Å². The first kappa shape index (κ1) is 14.0. The van der Waals surface area contributed by atoms with Crippen molar-refractivity contribution >= 4 is 28.3 Å². The van der Waals surface area contributed by atoms with Gasteiger partial charge >= 0.3 is 5.97 Å². The molecule has 0 aromatic carbocycles. The van der Waals surface area contributed by atoms with Gasteiger partial charge in [-0.15, -0.1) is 11.3 Å². The van der Waals surface area contributed by atoms with Gasteiger partial charge in [0.05, 0.1) is 11.6 Å². The molecule has 1 aromatic rings. The second-order valence-electron chi connectivity index (χ2n) is 4.91. The number of carbonyl (C=O) groups is 2. The van der Waals surface area contributed by atoms with Gasteiger partial charge in [0.15, 0.2) is 5.13 Å². The van der Waals surface area contributed by atoms with Gasteiger partial charge in [-0.25, -0.2) is 4.98 Å². The molecule has 0 spiro atoms. The monoisotopic (exact) mass is 283 g/mol. The molecular formula is C12H17N3O3S. The summed E-state index contributed by atoms with van der Waals surface area (Å²) in [6.45, 7) is 5.50. The fraction of sp³-hybridized carbons (Fsp3) is 0.583. The van der Waals surface area contributed by atoms with Gasteiger partial charge < -0.3 is 10.4 Å². The molecule has 19 heavy (non-hydrogen) atoms. The number of carbonyl (C=O) groups excluding carboxylic acids is 1. The number of anilines is 1. The summed E-state index contributed by atoms with van der Waals surface area (Å²) in [5.41, 5.74) is 0.912. The summed E-state index contributed by atoms with van der Waals surface area (Å²) in [6.07, 6.45) is 0. The van der Waals surface area contributed by atoms with Crippen LogP contribution < -0.4 is 5.32 Å². The zero-order valence-electron chi connectivity index (χ0n) is 10.9. The van der Waals surface area contributed by atoms with Crippen molar-refractivity contribution in [3.63, 3.8) is 0 Å². The van der Waals surface area contributed by atoms with Gasteiger partial charge in [-0.05, 0) is 5.92 Å². The molecule has 1 aliphatic rings. The van der Waals surface area contributed by atoms with Crippen LogP contribution in [0.25, 0.3) is 0 Å². The lowest BCUT2D eigenvalue weighted by Gasteiger charge is -2.40. The Morgan fingerprint density at radius 3 is 2.89 bits per heavy atom. The largest absolute Gasteiger partial charge is 0.481 e. The molecule has 1 amide bonds. The maximum Gasteiger partial charge on any atom is 0.306 e. The van der Waals surface area contributed by atoms with E-state index >= 15 is 0 Å². The van der Waals surface area contributed by atoms with Gasteiger partial charge in [-0.2, -0.15) is 0 Å². The molecule has 1 atom stereocenters. The lowest BCUT2D eigenvalue weighted by molar-refractivity contribution is -0.145. The minimum atomic E-state index is -0.730. The third-order valence-corrected chi connectivity index (χ3v) is 4.11. The van der Waals surface area contributed by atoms with E-state index in [2.05, 4.69) is 15.2 Å². The number of amides is 1. The highest BCUT2D eigenvalue weighted by Gasteiger charge is 2.34. The first-order valence-electron chi connectivity index (χ1n) is 6.13. The molecule has 0 saturated carbocycles. The van der Waals surface area contributed by atoms with Crippen molar-refractivity contribution in [1.29, 1.82) is 0 Å². The van der Waals surface area contributed by atoms with Crippen molar-refractivity contribution in [2.45, 2.75) is 20.4 Å². The maximum atomic E-state index is 10.9. The highest BCUT2D eigenvalue weighted by atomic mass is 32.1. The van der Waals surface area contributed by atoms with E-state index in [0.29, 0.717) is 11.7 Å². The molecule has 2 N–H and O–H groups in total. The number of carboxylic acids is 1. The molecule has 104 valence electrons. The number of aromatic nitrogens is 1. The minimum absolute atomic E-state index is 0.125. The Balaban J connectivity index is 1.79. The van der Waals surface area contributed by atoms with Crippen molar-refractivity contribution < 1.29 is 14.7 Å². The van der Waals surface area contributed by atoms with Gasteiger partial charge in [0.1, 0.15) is 0 Å². The Kier molecular flexibility index (Phi) is 4.16. The highest BCUT2D eigenvalue weighted by molar-refractivity contribution is 7.13. The van der Waals surface area contributed by atoms with E-state index in [4.69, 9.17) is 5.11 Å². The number of rotatable bonds is 5. The number of hydrogen-bond donors (Lipinski definition) is 2. The number of nitrogens with zero attached hydrogens (tertiary/aromatic N) is 2. The van der Waals surface area contributed by atoms with Crippen LogP contribution >= 0.6 is 11.3 Å². The van der Waals surface area contributed by atoms with Gasteiger partial charge in [0, 0.05) is 31.9 Å². The Bertz CT molecular complexity index is 482. The van der Waals surface area contributed by atoms with E-state index in [1.54, 1.807) is 6.92 Å². The summed E-state index contributed by atoms with van der Waals surface area (Å²) >= 11 is 1.40. The van der Waals surface area contributed by atoms with Crippen molar-refractivity contribution in [3.05, 3.63) is 11.1 Å². The summed E-state index contributed by atoms with van der Waals surface area (Å²) in [5.74, 6) is -0.918. The molecule has 1 unspecified atom stereocenters. The van der Waals surface area contributed by atoms with E-state index < -0.39 is 5.97 Å². The smallest absolute Gasteiger partial charge is 0.306 e. The van der Waals surface area contributed by atoms with Crippen LogP contribution in [-0.4, -0.2) is 40.0 Å². The summed E-state index contributed by atoms with van der Waals surface area (Å²) in [6, 6.07) is 0. The van der Waals surface area contributed by atoms with E-state index in [0.717, 1.165) is 18.8 Å². The van der Waals surface area contributed by atoms with Gasteiger partial charge in [0.25, 0.3) is 0 Å². The van der Waals surface area contributed by atoms with E-state index in [9.17, 15) is 9.59 Å². The summed E-state index contributed by atoms with van der Waals surface area (Å²) in [4.78, 5) is 28.2. The lowest BCUT2D eigenvalue weighted by atomic mass is 9.87. The Hall–Kier alpha value is -1.47. The molecule has 0 bridgehead atoms. The summed E-state index contributed by atoms with van der Waals surface area (Å²) in [7, 11) is 0.